The van der Waals surface area contributed by atoms with Gasteiger partial charge in [-0.25, -0.2) is 4.79 Å². The number of hydrogen-bond acceptors (Lipinski definition) is 24. The molecule has 0 radical (unpaired) electrons. The van der Waals surface area contributed by atoms with Crippen molar-refractivity contribution < 1.29 is 132 Å². The summed E-state index contributed by atoms with van der Waals surface area (Å²) in [6.07, 6.45) is 7.53. The average molecular weight is 1270 g/mol. The van der Waals surface area contributed by atoms with Gasteiger partial charge in [0.05, 0.1) is 135 Å². The van der Waals surface area contributed by atoms with Crippen LogP contribution in [0.15, 0.2) is 0 Å². The zero-order chi connectivity index (χ0) is 67.1. The second-order valence-electron chi connectivity index (χ2n) is 20.4. The number of rotatable bonds is 31. The largest absolute Gasteiger partial charge is 0.870 e. The number of hydrogen-bond donors (Lipinski definition) is 2. The summed E-state index contributed by atoms with van der Waals surface area (Å²) in [6, 6.07) is 0. The van der Waals surface area contributed by atoms with Crippen molar-refractivity contribution in [2.75, 3.05) is 77.7 Å². The number of Topliss-reactive ketones (excluding diaryl/α,β-unsaturated/α-hetero) is 1. The summed E-state index contributed by atoms with van der Waals surface area (Å²) >= 11 is 0. The summed E-state index contributed by atoms with van der Waals surface area (Å²) < 4.78 is 46.3. The van der Waals surface area contributed by atoms with Gasteiger partial charge in [-0.3, -0.25) is 52.7 Å². The quantitative estimate of drug-likeness (QED) is 0.0427. The molecule has 0 aliphatic carbocycles. The molecule has 87 heavy (non-hydrogen) atoms. The average Bonchev–Trinajstić information content (AvgIpc) is 3.35. The first-order chi connectivity index (χ1) is 39.2. The van der Waals surface area contributed by atoms with E-state index in [1.165, 1.54) is 70.9 Å². The van der Waals surface area contributed by atoms with E-state index in [2.05, 4.69) is 18.9 Å². The van der Waals surface area contributed by atoms with Gasteiger partial charge in [-0.15, -0.1) is 0 Å². The number of carbonyl (C=O) groups is 12. The van der Waals surface area contributed by atoms with Gasteiger partial charge < -0.3 is 74.0 Å². The van der Waals surface area contributed by atoms with Gasteiger partial charge in [0.25, 0.3) is 0 Å². The van der Waals surface area contributed by atoms with Gasteiger partial charge in [-0.2, -0.15) is 0 Å². The van der Waals surface area contributed by atoms with Crippen LogP contribution in [-0.2, 0) is 105 Å². The summed E-state index contributed by atoms with van der Waals surface area (Å²) in [5, 5.41) is 16.9. The molecule has 7 N–H and O–H groups in total. The predicted molar refractivity (Wildman–Crippen MR) is 319 cm³/mol. The van der Waals surface area contributed by atoms with E-state index in [1.54, 1.807) is 0 Å². The van der Waals surface area contributed by atoms with Gasteiger partial charge in [-0.1, -0.05) is 69.2 Å². The zero-order valence-electron chi connectivity index (χ0n) is 56.5. The molecule has 0 aliphatic heterocycles. The molecule has 0 rings (SSSR count). The van der Waals surface area contributed by atoms with Crippen molar-refractivity contribution in [3.05, 3.63) is 0 Å². The minimum absolute atomic E-state index is 0. The molecule has 0 bridgehead atoms. The van der Waals surface area contributed by atoms with Crippen molar-refractivity contribution in [3.63, 3.8) is 0 Å². The second kappa shape index (κ2) is 56.2. The van der Waals surface area contributed by atoms with Crippen LogP contribution in [0.4, 0.5) is 0 Å². The molecule has 0 saturated heterocycles. The van der Waals surface area contributed by atoms with E-state index in [0.29, 0.717) is 83.5 Å². The molecule has 0 amide bonds. The summed E-state index contributed by atoms with van der Waals surface area (Å²) in [4.78, 5) is 134. The second-order valence-corrected chi connectivity index (χ2v) is 20.4. The van der Waals surface area contributed by atoms with Crippen molar-refractivity contribution in [1.82, 2.24) is 0 Å². The highest BCUT2D eigenvalue weighted by Crippen LogP contribution is 2.35. The number of ketones is 1. The Kier molecular flexibility index (Phi) is 64.4. The maximum absolute atomic E-state index is 11.7. The molecular formula is C60H113O27-. The molecule has 10 unspecified atom stereocenters. The minimum atomic E-state index is -1.10. The Labute approximate surface area is 516 Å². The molecule has 27 heteroatoms. The Hall–Kier alpha value is -6.32. The Balaban J connectivity index is -0.000000120. The van der Waals surface area contributed by atoms with Crippen LogP contribution in [0, 0.1) is 57.7 Å². The predicted octanol–water partition coefficient (Wildman–Crippen LogP) is 6.46. The van der Waals surface area contributed by atoms with Crippen molar-refractivity contribution >= 4 is 71.4 Å². The highest BCUT2D eigenvalue weighted by molar-refractivity contribution is 6.33. The molecule has 0 aromatic carbocycles. The monoisotopic (exact) mass is 1270 g/mol. The van der Waals surface area contributed by atoms with Gasteiger partial charge in [0, 0.05) is 6.42 Å². The highest BCUT2D eigenvalue weighted by atomic mass is 16.6. The van der Waals surface area contributed by atoms with Crippen molar-refractivity contribution in [3.8, 4) is 0 Å². The molecule has 0 aliphatic rings. The number of aliphatic carboxylic acids is 1. The lowest BCUT2D eigenvalue weighted by Crippen LogP contribution is -2.33. The van der Waals surface area contributed by atoms with E-state index in [-0.39, 0.29) is 119 Å². The molecule has 516 valence electrons. The van der Waals surface area contributed by atoms with Crippen molar-refractivity contribution in [2.24, 2.45) is 57.7 Å². The first kappa shape index (κ1) is 99.7. The number of aliphatic hydroxyl groups is 1. The molecule has 10 atom stereocenters. The molecule has 27 nitrogen and oxygen atoms in total. The molecular weight excluding hydrogens is 1150 g/mol. The third-order valence-corrected chi connectivity index (χ3v) is 14.7. The minimum Gasteiger partial charge on any atom is -0.870 e. The van der Waals surface area contributed by atoms with Gasteiger partial charge in [0.15, 0.2) is 0 Å². The topological polar surface area (TPSA) is 431 Å². The normalized spacial score (nSPS) is 14.3. The van der Waals surface area contributed by atoms with E-state index in [9.17, 15) is 57.5 Å². The maximum atomic E-state index is 11.7. The maximum Gasteiger partial charge on any atom is 0.374 e. The standard InChI is InChI=1S/3C12H22O4.C11H20O4.C7H10O5.C6H12O3.3H2O/c3*1-6-9(10(13)15-4)8-12(3,7-2)11(14)16-5;1-5-8(10(12)14-3)7-9(6-2)11(13)15-4;1-4(6(9)10)3-5(8)7(11)12-2;1-3-5(4-7)6(8)9-2;;;/h3*9H,6-8H2,1-5H3;8-9H,5-7H2,1-4H3;4H,3H2,1-2H3,(H,9,10);5,7H,3-4H2,1-2H3;3*1H2/p-1. The van der Waals surface area contributed by atoms with Gasteiger partial charge >= 0.3 is 65.7 Å². The van der Waals surface area contributed by atoms with Crippen LogP contribution in [0.1, 0.15) is 180 Å². The molecule has 0 fully saturated rings. The van der Waals surface area contributed by atoms with E-state index >= 15 is 0 Å². The third-order valence-electron chi connectivity index (χ3n) is 14.7. The molecule has 0 aromatic rings. The summed E-state index contributed by atoms with van der Waals surface area (Å²) in [5.41, 5.74) is -1.82. The van der Waals surface area contributed by atoms with E-state index in [1.807, 2.05) is 83.1 Å². The first-order valence-corrected chi connectivity index (χ1v) is 28.4. The lowest BCUT2D eigenvalue weighted by atomic mass is 9.78. The smallest absolute Gasteiger partial charge is 0.374 e. The fourth-order valence-electron chi connectivity index (χ4n) is 7.81. The lowest BCUT2D eigenvalue weighted by Gasteiger charge is -2.28. The lowest BCUT2D eigenvalue weighted by molar-refractivity contribution is -0.157. The number of aliphatic hydroxyl groups excluding tert-OH is 1. The third kappa shape index (κ3) is 40.0. The number of carboxylic acids is 1. The summed E-state index contributed by atoms with van der Waals surface area (Å²) in [6.45, 7) is 23.8. The molecule has 0 aromatic heterocycles. The Morgan fingerprint density at radius 2 is 0.586 bits per heavy atom. The van der Waals surface area contributed by atoms with Crippen LogP contribution in [0.5, 0.6) is 0 Å². The van der Waals surface area contributed by atoms with E-state index in [4.69, 9.17) is 38.6 Å². The highest BCUT2D eigenvalue weighted by Gasteiger charge is 2.39. The van der Waals surface area contributed by atoms with Crippen molar-refractivity contribution in [1.29, 1.82) is 0 Å². The van der Waals surface area contributed by atoms with Crippen LogP contribution >= 0.6 is 0 Å². The van der Waals surface area contributed by atoms with Crippen LogP contribution in [0.2, 0.25) is 0 Å². The fourth-order valence-corrected chi connectivity index (χ4v) is 7.81. The number of carbonyl (C=O) groups excluding carboxylic acids is 11. The van der Waals surface area contributed by atoms with Crippen LogP contribution in [-0.4, -0.2) is 176 Å². The first-order valence-electron chi connectivity index (χ1n) is 28.4. The summed E-state index contributed by atoms with van der Waals surface area (Å²) in [7, 11) is 13.3. The van der Waals surface area contributed by atoms with Gasteiger partial charge in [0.2, 0.25) is 5.78 Å². The number of methoxy groups -OCH3 is 10. The molecule has 0 saturated carbocycles. The Bertz CT molecular complexity index is 1810. The number of carboxylic acid groups (broad SMARTS) is 1. The van der Waals surface area contributed by atoms with Crippen molar-refractivity contribution in [2.45, 2.75) is 180 Å². The summed E-state index contributed by atoms with van der Waals surface area (Å²) in [5.74, 6) is -7.65. The van der Waals surface area contributed by atoms with Gasteiger partial charge in [0.1, 0.15) is 0 Å². The van der Waals surface area contributed by atoms with Gasteiger partial charge in [-0.05, 0) is 104 Å². The molecule has 0 heterocycles. The Morgan fingerprint density at radius 3 is 0.736 bits per heavy atom. The van der Waals surface area contributed by atoms with Crippen LogP contribution in [0.3, 0.4) is 0 Å². The van der Waals surface area contributed by atoms with E-state index in [0.717, 1.165) is 7.11 Å². The fraction of sp³-hybridized carbons (Fsp3) is 0.800. The Morgan fingerprint density at radius 1 is 0.368 bits per heavy atom. The number of ether oxygens (including phenoxy) is 10. The van der Waals surface area contributed by atoms with Crippen LogP contribution < -0.4 is 0 Å². The zero-order valence-corrected chi connectivity index (χ0v) is 56.5. The SMILES string of the molecule is CCC(CC(C)(CC)C(=O)OC)C(=O)OC.CCC(CC(C)(CC)C(=O)OC)C(=O)OC.CCC(CC(C)(CC)C(=O)OC)C(=O)OC.CCC(CC(CC)C(=O)OC)C(=O)OC.CCC(CO)C(=O)OC.COC(=O)C(=O)CC(C)C(=O)O.O.O.[OH-]. The molecule has 0 spiro atoms. The number of esters is 10. The van der Waals surface area contributed by atoms with E-state index < -0.39 is 39.9 Å². The van der Waals surface area contributed by atoms with Crippen LogP contribution in [0.25, 0.3) is 0 Å².